The molecule has 5 nitrogen and oxygen atoms in total. The van der Waals surface area contributed by atoms with Crippen molar-refractivity contribution in [3.63, 3.8) is 0 Å². The molecule has 0 aliphatic carbocycles. The van der Waals surface area contributed by atoms with Gasteiger partial charge in [0.05, 0.1) is 18.5 Å². The molecule has 1 amide bonds. The number of nitrogens with zero attached hydrogens (tertiary/aromatic N) is 2. The van der Waals surface area contributed by atoms with Crippen LogP contribution in [-0.2, 0) is 4.79 Å². The highest BCUT2D eigenvalue weighted by Gasteiger charge is 2.13. The van der Waals surface area contributed by atoms with E-state index in [0.29, 0.717) is 11.7 Å². The quantitative estimate of drug-likeness (QED) is 0.931. The van der Waals surface area contributed by atoms with Crippen LogP contribution in [0.4, 0.5) is 5.82 Å². The van der Waals surface area contributed by atoms with Gasteiger partial charge in [-0.3, -0.25) is 4.79 Å². The van der Waals surface area contributed by atoms with Gasteiger partial charge in [0.2, 0.25) is 5.91 Å². The summed E-state index contributed by atoms with van der Waals surface area (Å²) in [6, 6.07) is 9.44. The monoisotopic (exact) mass is 273 g/mol. The van der Waals surface area contributed by atoms with Crippen LogP contribution >= 0.6 is 0 Å². The maximum absolute atomic E-state index is 11.3. The number of ether oxygens (including phenoxy) is 1. The third kappa shape index (κ3) is 2.99. The van der Waals surface area contributed by atoms with E-state index in [1.807, 2.05) is 30.3 Å². The molecule has 20 heavy (non-hydrogen) atoms. The van der Waals surface area contributed by atoms with Gasteiger partial charge in [-0.2, -0.15) is 5.10 Å². The van der Waals surface area contributed by atoms with Crippen molar-refractivity contribution < 1.29 is 9.53 Å². The van der Waals surface area contributed by atoms with E-state index < -0.39 is 0 Å². The highest BCUT2D eigenvalue weighted by Crippen LogP contribution is 2.23. The van der Waals surface area contributed by atoms with Gasteiger partial charge in [-0.1, -0.05) is 13.8 Å². The molecule has 1 aromatic carbocycles. The maximum atomic E-state index is 11.3. The molecule has 1 N–H and O–H groups in total. The van der Waals surface area contributed by atoms with Crippen LogP contribution < -0.4 is 10.1 Å². The Morgan fingerprint density at radius 1 is 1.30 bits per heavy atom. The number of nitrogens with one attached hydrogen (secondary N) is 1. The number of carbonyl (C=O) groups is 1. The summed E-state index contributed by atoms with van der Waals surface area (Å²) in [5.41, 5.74) is 1.81. The molecule has 1 heterocycles. The fourth-order valence-corrected chi connectivity index (χ4v) is 1.87. The van der Waals surface area contributed by atoms with Gasteiger partial charge in [0, 0.05) is 13.0 Å². The summed E-state index contributed by atoms with van der Waals surface area (Å²) in [5.74, 6) is 1.63. The van der Waals surface area contributed by atoms with Gasteiger partial charge in [0.25, 0.3) is 0 Å². The molecule has 5 heteroatoms. The average Bonchev–Trinajstić information content (AvgIpc) is 2.82. The van der Waals surface area contributed by atoms with Crippen LogP contribution in [0.1, 0.15) is 32.4 Å². The largest absolute Gasteiger partial charge is 0.497 e. The fraction of sp³-hybridized carbons (Fsp3) is 0.333. The van der Waals surface area contributed by atoms with Crippen molar-refractivity contribution in [3.05, 3.63) is 36.0 Å². The Labute approximate surface area is 118 Å². The minimum Gasteiger partial charge on any atom is -0.497 e. The Morgan fingerprint density at radius 2 is 1.95 bits per heavy atom. The molecule has 0 radical (unpaired) electrons. The lowest BCUT2D eigenvalue weighted by Gasteiger charge is -2.08. The summed E-state index contributed by atoms with van der Waals surface area (Å²) in [6.07, 6.45) is 0. The predicted molar refractivity (Wildman–Crippen MR) is 78.5 cm³/mol. The number of rotatable bonds is 4. The molecule has 2 aromatic rings. The second-order valence-electron chi connectivity index (χ2n) is 4.90. The first-order valence-corrected chi connectivity index (χ1v) is 6.53. The SMILES string of the molecule is COc1ccc(-n2nc(C(C)C)cc2NC(C)=O)cc1. The Morgan fingerprint density at radius 3 is 2.45 bits per heavy atom. The van der Waals surface area contributed by atoms with Crippen LogP contribution in [-0.4, -0.2) is 22.8 Å². The van der Waals surface area contributed by atoms with Crippen molar-refractivity contribution in [2.45, 2.75) is 26.7 Å². The van der Waals surface area contributed by atoms with Gasteiger partial charge in [0.15, 0.2) is 0 Å². The minimum absolute atomic E-state index is 0.116. The van der Waals surface area contributed by atoms with Gasteiger partial charge in [-0.25, -0.2) is 4.68 Å². The zero-order chi connectivity index (χ0) is 14.7. The molecule has 2 rings (SSSR count). The second-order valence-corrected chi connectivity index (χ2v) is 4.90. The number of benzene rings is 1. The standard InChI is InChI=1S/C15H19N3O2/c1-10(2)14-9-15(16-11(3)19)18(17-14)12-5-7-13(20-4)8-6-12/h5-10H,1-4H3,(H,16,19). The first kappa shape index (κ1) is 14.1. The molecule has 0 saturated heterocycles. The highest BCUT2D eigenvalue weighted by molar-refractivity contribution is 5.88. The Bertz CT molecular complexity index is 600. The van der Waals surface area contributed by atoms with Gasteiger partial charge in [-0.05, 0) is 30.2 Å². The number of hydrogen-bond acceptors (Lipinski definition) is 3. The van der Waals surface area contributed by atoms with Crippen molar-refractivity contribution in [1.29, 1.82) is 0 Å². The summed E-state index contributed by atoms with van der Waals surface area (Å²) in [5, 5.41) is 7.36. The molecule has 0 bridgehead atoms. The van der Waals surface area contributed by atoms with Crippen LogP contribution in [0.3, 0.4) is 0 Å². The maximum Gasteiger partial charge on any atom is 0.222 e. The van der Waals surface area contributed by atoms with E-state index in [9.17, 15) is 4.79 Å². The van der Waals surface area contributed by atoms with E-state index in [0.717, 1.165) is 17.1 Å². The molecule has 0 aliphatic rings. The van der Waals surface area contributed by atoms with Crippen LogP contribution in [0.25, 0.3) is 5.69 Å². The third-order valence-electron chi connectivity index (χ3n) is 2.94. The third-order valence-corrected chi connectivity index (χ3v) is 2.94. The lowest BCUT2D eigenvalue weighted by molar-refractivity contribution is -0.114. The molecule has 0 unspecified atom stereocenters. The van der Waals surface area contributed by atoms with E-state index >= 15 is 0 Å². The first-order chi connectivity index (χ1) is 9.51. The molecule has 0 fully saturated rings. The zero-order valence-electron chi connectivity index (χ0n) is 12.2. The summed E-state index contributed by atoms with van der Waals surface area (Å²) >= 11 is 0. The van der Waals surface area contributed by atoms with Crippen LogP contribution in [0.5, 0.6) is 5.75 Å². The number of anilines is 1. The van der Waals surface area contributed by atoms with E-state index in [4.69, 9.17) is 4.74 Å². The van der Waals surface area contributed by atoms with E-state index in [1.54, 1.807) is 11.8 Å². The lowest BCUT2D eigenvalue weighted by atomic mass is 10.1. The number of hydrogen-bond donors (Lipinski definition) is 1. The van der Waals surface area contributed by atoms with Gasteiger partial charge < -0.3 is 10.1 Å². The Hall–Kier alpha value is -2.30. The number of carbonyl (C=O) groups excluding carboxylic acids is 1. The summed E-state index contributed by atoms with van der Waals surface area (Å²) in [6.45, 7) is 5.62. The predicted octanol–water partition coefficient (Wildman–Crippen LogP) is 2.96. The van der Waals surface area contributed by atoms with Crippen molar-refractivity contribution in [2.75, 3.05) is 12.4 Å². The van der Waals surface area contributed by atoms with Crippen molar-refractivity contribution >= 4 is 11.7 Å². The summed E-state index contributed by atoms with van der Waals surface area (Å²) in [4.78, 5) is 11.3. The van der Waals surface area contributed by atoms with Crippen molar-refractivity contribution in [3.8, 4) is 11.4 Å². The molecule has 0 atom stereocenters. The number of methoxy groups -OCH3 is 1. The Balaban J connectivity index is 2.43. The van der Waals surface area contributed by atoms with Gasteiger partial charge >= 0.3 is 0 Å². The van der Waals surface area contributed by atoms with Crippen molar-refractivity contribution in [1.82, 2.24) is 9.78 Å². The summed E-state index contributed by atoms with van der Waals surface area (Å²) < 4.78 is 6.88. The number of amides is 1. The van der Waals surface area contributed by atoms with Gasteiger partial charge in [-0.15, -0.1) is 0 Å². The normalized spacial score (nSPS) is 10.7. The smallest absolute Gasteiger partial charge is 0.222 e. The van der Waals surface area contributed by atoms with E-state index in [1.165, 1.54) is 6.92 Å². The van der Waals surface area contributed by atoms with Crippen LogP contribution in [0.15, 0.2) is 30.3 Å². The summed E-state index contributed by atoms with van der Waals surface area (Å²) in [7, 11) is 1.63. The molecule has 106 valence electrons. The molecule has 0 saturated carbocycles. The highest BCUT2D eigenvalue weighted by atomic mass is 16.5. The molecular weight excluding hydrogens is 254 g/mol. The fourth-order valence-electron chi connectivity index (χ4n) is 1.87. The van der Waals surface area contributed by atoms with Crippen molar-refractivity contribution in [2.24, 2.45) is 0 Å². The molecular formula is C15H19N3O2. The molecule has 0 aliphatic heterocycles. The van der Waals surface area contributed by atoms with Gasteiger partial charge in [0.1, 0.15) is 11.6 Å². The Kier molecular flexibility index (Phi) is 4.08. The van der Waals surface area contributed by atoms with Crippen LogP contribution in [0.2, 0.25) is 0 Å². The minimum atomic E-state index is -0.116. The van der Waals surface area contributed by atoms with E-state index in [-0.39, 0.29) is 5.91 Å². The second kappa shape index (κ2) is 5.77. The molecule has 1 aromatic heterocycles. The zero-order valence-corrected chi connectivity index (χ0v) is 12.2. The first-order valence-electron chi connectivity index (χ1n) is 6.53. The molecule has 0 spiro atoms. The average molecular weight is 273 g/mol. The van der Waals surface area contributed by atoms with Crippen LogP contribution in [0, 0.1) is 0 Å². The lowest BCUT2D eigenvalue weighted by Crippen LogP contribution is -2.10. The topological polar surface area (TPSA) is 56.1 Å². The number of aromatic nitrogens is 2. The van der Waals surface area contributed by atoms with E-state index in [2.05, 4.69) is 24.3 Å².